The first-order valence-electron chi connectivity index (χ1n) is 8.78. The third-order valence-corrected chi connectivity index (χ3v) is 5.24. The van der Waals surface area contributed by atoms with Crippen molar-refractivity contribution in [2.75, 3.05) is 53.6 Å². The van der Waals surface area contributed by atoms with Crippen LogP contribution in [-0.2, 0) is 4.74 Å². The Bertz CT molecular complexity index is 582. The maximum atomic E-state index is 12.9. The van der Waals surface area contributed by atoms with Gasteiger partial charge in [0.2, 0.25) is 0 Å². The second-order valence-electron chi connectivity index (χ2n) is 7.08. The average molecular weight is 369 g/mol. The lowest BCUT2D eigenvalue weighted by Gasteiger charge is -2.38. The van der Waals surface area contributed by atoms with Crippen molar-refractivity contribution in [2.24, 2.45) is 11.8 Å². The Morgan fingerprint density at radius 3 is 2.76 bits per heavy atom. The Morgan fingerprint density at radius 2 is 2.12 bits per heavy atom. The highest BCUT2D eigenvalue weighted by Gasteiger charge is 2.30. The molecule has 5 nitrogen and oxygen atoms in total. The normalized spacial score (nSPS) is 21.0. The molecule has 1 N–H and O–H groups in total. The molecule has 0 saturated carbocycles. The van der Waals surface area contributed by atoms with Crippen molar-refractivity contribution in [1.29, 1.82) is 0 Å². The Balaban J connectivity index is 2.05. The highest BCUT2D eigenvalue weighted by Crippen LogP contribution is 2.25. The van der Waals surface area contributed by atoms with Crippen molar-refractivity contribution in [3.63, 3.8) is 0 Å². The minimum absolute atomic E-state index is 0.00963. The van der Waals surface area contributed by atoms with Gasteiger partial charge in [0.25, 0.3) is 5.91 Å². The molecule has 140 valence electrons. The van der Waals surface area contributed by atoms with Gasteiger partial charge in [-0.15, -0.1) is 0 Å². The molecule has 0 unspecified atom stereocenters. The minimum Gasteiger partial charge on any atom is -0.396 e. The molecule has 0 aliphatic carbocycles. The zero-order chi connectivity index (χ0) is 18.4. The van der Waals surface area contributed by atoms with E-state index in [9.17, 15) is 9.90 Å². The van der Waals surface area contributed by atoms with Crippen LogP contribution < -0.4 is 0 Å². The SMILES string of the molecule is COCCN(C)C[C@H]1C[C@@H](CO)CN(C(=O)c2ccc(C)c(Cl)c2)C1. The van der Waals surface area contributed by atoms with E-state index in [1.54, 1.807) is 13.2 Å². The van der Waals surface area contributed by atoms with Crippen LogP contribution in [0.15, 0.2) is 18.2 Å². The number of nitrogens with zero attached hydrogens (tertiary/aromatic N) is 2. The molecule has 25 heavy (non-hydrogen) atoms. The number of amides is 1. The van der Waals surface area contributed by atoms with Gasteiger partial charge in [0.05, 0.1) is 6.61 Å². The van der Waals surface area contributed by atoms with Crippen LogP contribution in [0.4, 0.5) is 0 Å². The van der Waals surface area contributed by atoms with Crippen LogP contribution in [0.2, 0.25) is 5.02 Å². The fourth-order valence-corrected chi connectivity index (χ4v) is 3.62. The number of rotatable bonds is 7. The average Bonchev–Trinajstić information content (AvgIpc) is 2.61. The third-order valence-electron chi connectivity index (χ3n) is 4.84. The molecule has 1 saturated heterocycles. The summed E-state index contributed by atoms with van der Waals surface area (Å²) in [6.45, 7) is 5.77. The summed E-state index contributed by atoms with van der Waals surface area (Å²) in [5.41, 5.74) is 1.57. The fraction of sp³-hybridized carbons (Fsp3) is 0.632. The first kappa shape index (κ1) is 20.2. The van der Waals surface area contributed by atoms with Crippen molar-refractivity contribution >= 4 is 17.5 Å². The van der Waals surface area contributed by atoms with Crippen LogP contribution in [0.25, 0.3) is 0 Å². The van der Waals surface area contributed by atoms with Crippen molar-refractivity contribution < 1.29 is 14.6 Å². The number of aliphatic hydroxyl groups is 1. The van der Waals surface area contributed by atoms with Crippen LogP contribution >= 0.6 is 11.6 Å². The number of hydrogen-bond donors (Lipinski definition) is 1. The molecule has 1 aromatic rings. The summed E-state index contributed by atoms with van der Waals surface area (Å²) in [6, 6.07) is 5.44. The molecular weight excluding hydrogens is 340 g/mol. The molecule has 0 spiro atoms. The molecule has 0 radical (unpaired) electrons. The van der Waals surface area contributed by atoms with Gasteiger partial charge in [-0.25, -0.2) is 0 Å². The summed E-state index contributed by atoms with van der Waals surface area (Å²) < 4.78 is 5.12. The van der Waals surface area contributed by atoms with Gasteiger partial charge in [0.1, 0.15) is 0 Å². The van der Waals surface area contributed by atoms with Gasteiger partial charge in [0, 0.05) is 50.5 Å². The maximum absolute atomic E-state index is 12.9. The molecule has 2 atom stereocenters. The highest BCUT2D eigenvalue weighted by molar-refractivity contribution is 6.31. The smallest absolute Gasteiger partial charge is 0.253 e. The number of likely N-dealkylation sites (tertiary alicyclic amines) is 1. The zero-order valence-electron chi connectivity index (χ0n) is 15.4. The summed E-state index contributed by atoms with van der Waals surface area (Å²) >= 11 is 6.17. The first-order chi connectivity index (χ1) is 11.9. The Labute approximate surface area is 155 Å². The van der Waals surface area contributed by atoms with Crippen LogP contribution in [0.3, 0.4) is 0 Å². The molecule has 6 heteroatoms. The van der Waals surface area contributed by atoms with E-state index in [0.29, 0.717) is 36.2 Å². The van der Waals surface area contributed by atoms with E-state index in [1.165, 1.54) is 0 Å². The number of likely N-dealkylation sites (N-methyl/N-ethyl adjacent to an activating group) is 1. The molecule has 1 aliphatic rings. The summed E-state index contributed by atoms with van der Waals surface area (Å²) in [4.78, 5) is 17.0. The largest absolute Gasteiger partial charge is 0.396 e. The van der Waals surface area contributed by atoms with Gasteiger partial charge in [-0.05, 0) is 49.9 Å². The second-order valence-corrected chi connectivity index (χ2v) is 7.49. The van der Waals surface area contributed by atoms with Gasteiger partial charge in [-0.1, -0.05) is 17.7 Å². The number of carbonyl (C=O) groups is 1. The number of benzene rings is 1. The number of hydrogen-bond acceptors (Lipinski definition) is 4. The molecule has 2 rings (SSSR count). The Morgan fingerprint density at radius 1 is 1.40 bits per heavy atom. The van der Waals surface area contributed by atoms with Gasteiger partial charge >= 0.3 is 0 Å². The monoisotopic (exact) mass is 368 g/mol. The summed E-state index contributed by atoms with van der Waals surface area (Å²) in [6.07, 6.45) is 0.937. The van der Waals surface area contributed by atoms with E-state index < -0.39 is 0 Å². The first-order valence-corrected chi connectivity index (χ1v) is 9.16. The Kier molecular flexibility index (Phi) is 7.69. The zero-order valence-corrected chi connectivity index (χ0v) is 16.1. The standard InChI is InChI=1S/C19H29ClN2O3/c1-14-4-5-17(9-18(14)20)19(24)22-11-15(8-16(12-22)13-23)10-21(2)6-7-25-3/h4-5,9,15-16,23H,6-8,10-13H2,1-3H3/t15-,16-/m1/s1. The fourth-order valence-electron chi connectivity index (χ4n) is 3.44. The summed E-state index contributed by atoms with van der Waals surface area (Å²) in [5, 5.41) is 10.3. The van der Waals surface area contributed by atoms with Gasteiger partial charge < -0.3 is 19.6 Å². The van der Waals surface area contributed by atoms with E-state index in [0.717, 1.165) is 25.1 Å². The molecule has 1 amide bonds. The molecule has 1 aliphatic heterocycles. The summed E-state index contributed by atoms with van der Waals surface area (Å²) in [7, 11) is 3.76. The van der Waals surface area contributed by atoms with E-state index in [-0.39, 0.29) is 18.4 Å². The van der Waals surface area contributed by atoms with Crippen LogP contribution in [-0.4, -0.2) is 74.4 Å². The number of aryl methyl sites for hydroxylation is 1. The topological polar surface area (TPSA) is 53.0 Å². The number of piperidine rings is 1. The number of ether oxygens (including phenoxy) is 1. The van der Waals surface area contributed by atoms with Crippen molar-refractivity contribution in [3.05, 3.63) is 34.3 Å². The lowest BCUT2D eigenvalue weighted by molar-refractivity contribution is 0.0451. The molecule has 1 aromatic carbocycles. The van der Waals surface area contributed by atoms with E-state index in [2.05, 4.69) is 11.9 Å². The number of aliphatic hydroxyl groups excluding tert-OH is 1. The van der Waals surface area contributed by atoms with Gasteiger partial charge in [-0.3, -0.25) is 4.79 Å². The van der Waals surface area contributed by atoms with Crippen LogP contribution in [0.5, 0.6) is 0 Å². The third kappa shape index (κ3) is 5.68. The van der Waals surface area contributed by atoms with E-state index in [4.69, 9.17) is 16.3 Å². The number of carbonyl (C=O) groups excluding carboxylic acids is 1. The maximum Gasteiger partial charge on any atom is 0.253 e. The number of methoxy groups -OCH3 is 1. The predicted molar refractivity (Wildman–Crippen MR) is 100 cm³/mol. The van der Waals surface area contributed by atoms with E-state index in [1.807, 2.05) is 24.0 Å². The molecule has 0 aromatic heterocycles. The lowest BCUT2D eigenvalue weighted by atomic mass is 9.88. The highest BCUT2D eigenvalue weighted by atomic mass is 35.5. The van der Waals surface area contributed by atoms with Gasteiger partial charge in [0.15, 0.2) is 0 Å². The second kappa shape index (κ2) is 9.53. The van der Waals surface area contributed by atoms with Crippen molar-refractivity contribution in [2.45, 2.75) is 13.3 Å². The van der Waals surface area contributed by atoms with Gasteiger partial charge in [-0.2, -0.15) is 0 Å². The van der Waals surface area contributed by atoms with Crippen LogP contribution in [0.1, 0.15) is 22.3 Å². The van der Waals surface area contributed by atoms with Crippen LogP contribution in [0, 0.1) is 18.8 Å². The van der Waals surface area contributed by atoms with Crippen molar-refractivity contribution in [1.82, 2.24) is 9.80 Å². The minimum atomic E-state index is -0.00963. The molecule has 1 heterocycles. The molecule has 1 fully saturated rings. The molecular formula is C19H29ClN2O3. The summed E-state index contributed by atoms with van der Waals surface area (Å²) in [5.74, 6) is 0.460. The predicted octanol–water partition coefficient (Wildman–Crippen LogP) is 2.30. The molecule has 0 bridgehead atoms. The Hall–Kier alpha value is -1.14. The van der Waals surface area contributed by atoms with E-state index >= 15 is 0 Å². The quantitative estimate of drug-likeness (QED) is 0.802. The van der Waals surface area contributed by atoms with Crippen molar-refractivity contribution in [3.8, 4) is 0 Å². The lowest BCUT2D eigenvalue weighted by Crippen LogP contribution is -2.47. The number of halogens is 1.